The smallest absolute Gasteiger partial charge is 0.322 e. The second-order valence-electron chi connectivity index (χ2n) is 5.77. The number of ether oxygens (including phenoxy) is 3. The molecule has 2 aromatic carbocycles. The first-order chi connectivity index (χ1) is 13.3. The quantitative estimate of drug-likeness (QED) is 0.715. The van der Waals surface area contributed by atoms with E-state index in [9.17, 15) is 4.79 Å². The van der Waals surface area contributed by atoms with Crippen molar-refractivity contribution in [2.24, 2.45) is 0 Å². The molecule has 1 N–H and O–H groups in total. The van der Waals surface area contributed by atoms with Crippen molar-refractivity contribution in [1.29, 1.82) is 0 Å². The molecule has 0 aliphatic carbocycles. The Balaban J connectivity index is 1.29. The van der Waals surface area contributed by atoms with Crippen LogP contribution in [0.5, 0.6) is 17.2 Å². The Morgan fingerprint density at radius 1 is 1.07 bits per heavy atom. The maximum atomic E-state index is 12.0. The highest BCUT2D eigenvalue weighted by Crippen LogP contribution is 2.35. The van der Waals surface area contributed by atoms with Gasteiger partial charge in [0.25, 0.3) is 5.89 Å². The minimum absolute atomic E-state index is 0.0113. The predicted molar refractivity (Wildman–Crippen MR) is 94.8 cm³/mol. The zero-order valence-electron chi connectivity index (χ0n) is 14.3. The number of hydrogen-bond donors (Lipinski definition) is 1. The monoisotopic (exact) mass is 367 g/mol. The van der Waals surface area contributed by atoms with Crippen LogP contribution in [-0.4, -0.2) is 29.3 Å². The van der Waals surface area contributed by atoms with Crippen molar-refractivity contribution in [3.05, 3.63) is 60.5 Å². The third kappa shape index (κ3) is 4.17. The molecule has 27 heavy (non-hydrogen) atoms. The Kier molecular flexibility index (Phi) is 4.86. The van der Waals surface area contributed by atoms with E-state index < -0.39 is 6.10 Å². The number of fused-ring (bicyclic) bond motifs is 1. The number of carbonyl (C=O) groups excluding carboxylic acids is 1. The van der Waals surface area contributed by atoms with E-state index in [0.717, 1.165) is 0 Å². The first-order valence-corrected chi connectivity index (χ1v) is 8.47. The molecule has 1 aliphatic heterocycles. The van der Waals surface area contributed by atoms with Gasteiger partial charge in [0, 0.05) is 0 Å². The van der Waals surface area contributed by atoms with Crippen LogP contribution in [-0.2, 0) is 4.79 Å². The van der Waals surface area contributed by atoms with Gasteiger partial charge < -0.3 is 18.6 Å². The highest BCUT2D eigenvalue weighted by Gasteiger charge is 2.27. The van der Waals surface area contributed by atoms with Crippen molar-refractivity contribution < 1.29 is 23.4 Å². The van der Waals surface area contributed by atoms with E-state index in [1.165, 1.54) is 0 Å². The Bertz CT molecular complexity index is 912. The molecule has 0 saturated heterocycles. The van der Waals surface area contributed by atoms with Gasteiger partial charge >= 0.3 is 6.01 Å². The number of anilines is 1. The molecule has 1 amide bonds. The number of nitrogens with zero attached hydrogens (tertiary/aromatic N) is 2. The lowest BCUT2D eigenvalue weighted by atomic mass is 10.2. The highest BCUT2D eigenvalue weighted by molar-refractivity contribution is 5.88. The average Bonchev–Trinajstić information content (AvgIpc) is 3.17. The minimum atomic E-state index is -0.528. The Morgan fingerprint density at radius 3 is 2.70 bits per heavy atom. The van der Waals surface area contributed by atoms with E-state index in [2.05, 4.69) is 15.5 Å². The third-order valence-corrected chi connectivity index (χ3v) is 3.81. The summed E-state index contributed by atoms with van der Waals surface area (Å²) >= 11 is 0. The van der Waals surface area contributed by atoms with Crippen LogP contribution in [0, 0.1) is 0 Å². The number of carbonyl (C=O) groups is 1. The number of amides is 1. The highest BCUT2D eigenvalue weighted by atomic mass is 16.6. The lowest BCUT2D eigenvalue weighted by molar-refractivity contribution is -0.116. The number of rotatable bonds is 6. The van der Waals surface area contributed by atoms with E-state index in [0.29, 0.717) is 17.2 Å². The SMILES string of the molecule is O=C(CCOc1ccccc1)Nc1nnc(C2COc3ccccc3O2)o1. The van der Waals surface area contributed by atoms with Crippen LogP contribution in [0.1, 0.15) is 18.4 Å². The molecule has 0 fully saturated rings. The van der Waals surface area contributed by atoms with Gasteiger partial charge in [-0.05, 0) is 24.3 Å². The molecule has 1 aromatic heterocycles. The van der Waals surface area contributed by atoms with Crippen LogP contribution < -0.4 is 19.5 Å². The van der Waals surface area contributed by atoms with Crippen LogP contribution in [0.3, 0.4) is 0 Å². The van der Waals surface area contributed by atoms with Gasteiger partial charge in [0.2, 0.25) is 12.0 Å². The average molecular weight is 367 g/mol. The first kappa shape index (κ1) is 16.9. The van der Waals surface area contributed by atoms with Crippen molar-refractivity contribution in [3.63, 3.8) is 0 Å². The predicted octanol–water partition coefficient (Wildman–Crippen LogP) is 2.99. The van der Waals surface area contributed by atoms with E-state index in [-0.39, 0.29) is 37.4 Å². The summed E-state index contributed by atoms with van der Waals surface area (Å²) in [5.41, 5.74) is 0. The van der Waals surface area contributed by atoms with Crippen LogP contribution in [0.15, 0.2) is 59.0 Å². The Hall–Kier alpha value is -3.55. The maximum Gasteiger partial charge on any atom is 0.322 e. The van der Waals surface area contributed by atoms with Gasteiger partial charge in [0.05, 0.1) is 13.0 Å². The third-order valence-electron chi connectivity index (χ3n) is 3.81. The fourth-order valence-electron chi connectivity index (χ4n) is 2.52. The minimum Gasteiger partial charge on any atom is -0.493 e. The number of hydrogen-bond acceptors (Lipinski definition) is 7. The number of para-hydroxylation sites is 3. The van der Waals surface area contributed by atoms with Gasteiger partial charge in [-0.3, -0.25) is 10.1 Å². The summed E-state index contributed by atoms with van der Waals surface area (Å²) < 4.78 is 22.4. The van der Waals surface area contributed by atoms with Gasteiger partial charge in [0.15, 0.2) is 11.5 Å². The summed E-state index contributed by atoms with van der Waals surface area (Å²) in [5, 5.41) is 10.3. The van der Waals surface area contributed by atoms with E-state index >= 15 is 0 Å². The molecule has 1 unspecified atom stereocenters. The fourth-order valence-corrected chi connectivity index (χ4v) is 2.52. The molecule has 138 valence electrons. The van der Waals surface area contributed by atoms with Crippen molar-refractivity contribution in [1.82, 2.24) is 10.2 Å². The Labute approximate surface area is 155 Å². The second kappa shape index (κ2) is 7.77. The zero-order valence-corrected chi connectivity index (χ0v) is 14.3. The molecule has 0 spiro atoms. The van der Waals surface area contributed by atoms with Gasteiger partial charge in [-0.1, -0.05) is 35.4 Å². The number of nitrogens with one attached hydrogen (secondary N) is 1. The van der Waals surface area contributed by atoms with Gasteiger partial charge in [-0.25, -0.2) is 0 Å². The molecule has 8 heteroatoms. The van der Waals surface area contributed by atoms with Crippen LogP contribution in [0.2, 0.25) is 0 Å². The summed E-state index contributed by atoms with van der Waals surface area (Å²) in [5.74, 6) is 1.93. The molecule has 1 atom stereocenters. The molecule has 0 radical (unpaired) electrons. The van der Waals surface area contributed by atoms with Crippen LogP contribution in [0.25, 0.3) is 0 Å². The topological polar surface area (TPSA) is 95.7 Å². The molecule has 0 bridgehead atoms. The summed E-state index contributed by atoms with van der Waals surface area (Å²) in [6.45, 7) is 0.491. The van der Waals surface area contributed by atoms with Crippen molar-refractivity contribution in [3.8, 4) is 17.2 Å². The largest absolute Gasteiger partial charge is 0.493 e. The molecule has 1 aliphatic rings. The van der Waals surface area contributed by atoms with Crippen molar-refractivity contribution >= 4 is 11.9 Å². The second-order valence-corrected chi connectivity index (χ2v) is 5.77. The van der Waals surface area contributed by atoms with Gasteiger partial charge in [-0.2, -0.15) is 0 Å². The lowest BCUT2D eigenvalue weighted by Gasteiger charge is -2.23. The van der Waals surface area contributed by atoms with Gasteiger partial charge in [-0.15, -0.1) is 5.10 Å². The molecular formula is C19H17N3O5. The summed E-state index contributed by atoms with van der Waals surface area (Å²) in [7, 11) is 0. The van der Waals surface area contributed by atoms with E-state index in [1.54, 1.807) is 6.07 Å². The molecule has 2 heterocycles. The summed E-state index contributed by atoms with van der Waals surface area (Å²) in [6, 6.07) is 16.6. The first-order valence-electron chi connectivity index (χ1n) is 8.47. The van der Waals surface area contributed by atoms with Crippen molar-refractivity contribution in [2.45, 2.75) is 12.5 Å². The Morgan fingerprint density at radius 2 is 1.85 bits per heavy atom. The summed E-state index contributed by atoms with van der Waals surface area (Å²) in [6.07, 6.45) is -0.372. The standard InChI is InChI=1S/C19H17N3O5/c23-17(10-11-24-13-6-2-1-3-7-13)20-19-22-21-18(27-19)16-12-25-14-8-4-5-9-15(14)26-16/h1-9,16H,10-12H2,(H,20,22,23). The van der Waals surface area contributed by atoms with Crippen LogP contribution >= 0.6 is 0 Å². The fraction of sp³-hybridized carbons (Fsp3) is 0.211. The lowest BCUT2D eigenvalue weighted by Crippen LogP contribution is -2.21. The summed E-state index contributed by atoms with van der Waals surface area (Å²) in [4.78, 5) is 12.0. The normalized spacial score (nSPS) is 15.2. The van der Waals surface area contributed by atoms with E-state index in [4.69, 9.17) is 18.6 Å². The zero-order chi connectivity index (χ0) is 18.5. The molecule has 4 rings (SSSR count). The number of aromatic nitrogens is 2. The number of benzene rings is 2. The molecule has 0 saturated carbocycles. The molecular weight excluding hydrogens is 350 g/mol. The van der Waals surface area contributed by atoms with E-state index in [1.807, 2.05) is 48.5 Å². The van der Waals surface area contributed by atoms with Crippen LogP contribution in [0.4, 0.5) is 6.01 Å². The maximum absolute atomic E-state index is 12.0. The molecule has 3 aromatic rings. The van der Waals surface area contributed by atoms with Gasteiger partial charge in [0.1, 0.15) is 12.4 Å². The molecule has 8 nitrogen and oxygen atoms in total. The van der Waals surface area contributed by atoms with Crippen molar-refractivity contribution in [2.75, 3.05) is 18.5 Å².